The summed E-state index contributed by atoms with van der Waals surface area (Å²) in [6.07, 6.45) is 0.842. The quantitative estimate of drug-likeness (QED) is 0.871. The molecular weight excluding hydrogens is 354 g/mol. The van der Waals surface area contributed by atoms with Crippen molar-refractivity contribution < 1.29 is 8.42 Å². The van der Waals surface area contributed by atoms with E-state index in [-0.39, 0.29) is 6.04 Å². The van der Waals surface area contributed by atoms with Crippen LogP contribution in [0.1, 0.15) is 18.9 Å². The van der Waals surface area contributed by atoms with Crippen molar-refractivity contribution in [2.75, 3.05) is 26.7 Å². The predicted octanol–water partition coefficient (Wildman–Crippen LogP) is 1.62. The SMILES string of the molecule is CC1CN(C)CCCN1S(=O)(=O)c1cc(CN)ccc1Br. The number of rotatable bonds is 3. The molecule has 2 N–H and O–H groups in total. The number of nitrogens with two attached hydrogens (primary N) is 1. The van der Waals surface area contributed by atoms with Gasteiger partial charge in [-0.2, -0.15) is 4.31 Å². The van der Waals surface area contributed by atoms with Crippen molar-refractivity contribution in [2.45, 2.75) is 30.8 Å². The van der Waals surface area contributed by atoms with Crippen LogP contribution < -0.4 is 5.73 Å². The Morgan fingerprint density at radius 2 is 2.10 bits per heavy atom. The Morgan fingerprint density at radius 3 is 2.76 bits per heavy atom. The summed E-state index contributed by atoms with van der Waals surface area (Å²) in [5, 5.41) is 0. The smallest absolute Gasteiger partial charge is 0.244 e. The average Bonchev–Trinajstić information content (AvgIpc) is 2.60. The van der Waals surface area contributed by atoms with Crippen LogP contribution in [0.5, 0.6) is 0 Å². The molecule has 1 aromatic rings. The molecule has 1 atom stereocenters. The Hall–Kier alpha value is -0.470. The first-order chi connectivity index (χ1) is 9.86. The van der Waals surface area contributed by atoms with E-state index in [4.69, 9.17) is 5.73 Å². The van der Waals surface area contributed by atoms with Crippen molar-refractivity contribution in [3.63, 3.8) is 0 Å². The number of benzene rings is 1. The summed E-state index contributed by atoms with van der Waals surface area (Å²) in [6.45, 7) is 4.50. The second-order valence-corrected chi connectivity index (χ2v) is 8.26. The first kappa shape index (κ1) is 16.9. The van der Waals surface area contributed by atoms with Crippen LogP contribution in [0, 0.1) is 0 Å². The highest BCUT2D eigenvalue weighted by Gasteiger charge is 2.32. The topological polar surface area (TPSA) is 66.6 Å². The molecule has 1 fully saturated rings. The number of halogens is 1. The van der Waals surface area contributed by atoms with Crippen LogP contribution in [0.4, 0.5) is 0 Å². The largest absolute Gasteiger partial charge is 0.326 e. The van der Waals surface area contributed by atoms with Gasteiger partial charge < -0.3 is 10.6 Å². The summed E-state index contributed by atoms with van der Waals surface area (Å²) in [4.78, 5) is 2.48. The lowest BCUT2D eigenvalue weighted by Gasteiger charge is -2.27. The molecule has 0 saturated carbocycles. The fraction of sp³-hybridized carbons (Fsp3) is 0.571. The summed E-state index contributed by atoms with van der Waals surface area (Å²) in [5.41, 5.74) is 6.45. The molecule has 0 bridgehead atoms. The van der Waals surface area contributed by atoms with E-state index < -0.39 is 10.0 Å². The van der Waals surface area contributed by atoms with E-state index in [1.165, 1.54) is 0 Å². The van der Waals surface area contributed by atoms with E-state index in [1.807, 2.05) is 20.0 Å². The standard InChI is InChI=1S/C14H22BrN3O2S/c1-11-10-17(2)6-3-7-18(11)21(19,20)14-8-12(9-16)4-5-13(14)15/h4-5,8,11H,3,6-7,9-10,16H2,1-2H3. The Balaban J connectivity index is 2.41. The van der Waals surface area contributed by atoms with Gasteiger partial charge in [0.15, 0.2) is 0 Å². The normalized spacial score (nSPS) is 22.2. The lowest BCUT2D eigenvalue weighted by molar-refractivity contribution is 0.290. The highest BCUT2D eigenvalue weighted by atomic mass is 79.9. The Kier molecular flexibility index (Phi) is 5.43. The molecule has 118 valence electrons. The number of hydrogen-bond acceptors (Lipinski definition) is 4. The van der Waals surface area contributed by atoms with Crippen molar-refractivity contribution in [2.24, 2.45) is 5.73 Å². The van der Waals surface area contributed by atoms with E-state index in [0.717, 1.165) is 25.1 Å². The third kappa shape index (κ3) is 3.65. The van der Waals surface area contributed by atoms with Crippen LogP contribution in [0.2, 0.25) is 0 Å². The molecule has 5 nitrogen and oxygen atoms in total. The molecule has 0 aliphatic carbocycles. The molecule has 0 spiro atoms. The van der Waals surface area contributed by atoms with Gasteiger partial charge in [-0.25, -0.2) is 8.42 Å². The van der Waals surface area contributed by atoms with Crippen molar-refractivity contribution in [1.29, 1.82) is 0 Å². The molecular formula is C14H22BrN3O2S. The number of likely N-dealkylation sites (N-methyl/N-ethyl adjacent to an activating group) is 1. The van der Waals surface area contributed by atoms with Gasteiger partial charge in [0, 0.05) is 30.1 Å². The summed E-state index contributed by atoms with van der Waals surface area (Å²) in [5.74, 6) is 0. The maximum absolute atomic E-state index is 13.0. The lowest BCUT2D eigenvalue weighted by atomic mass is 10.2. The third-order valence-electron chi connectivity index (χ3n) is 3.80. The Labute approximate surface area is 135 Å². The number of hydrogen-bond donors (Lipinski definition) is 1. The zero-order chi connectivity index (χ0) is 15.6. The zero-order valence-corrected chi connectivity index (χ0v) is 14.8. The van der Waals surface area contributed by atoms with Gasteiger partial charge in [0.25, 0.3) is 0 Å². The molecule has 2 rings (SSSR count). The van der Waals surface area contributed by atoms with Gasteiger partial charge in [0.05, 0.1) is 4.90 Å². The Morgan fingerprint density at radius 1 is 1.38 bits per heavy atom. The molecule has 1 aliphatic heterocycles. The molecule has 0 aromatic heterocycles. The minimum absolute atomic E-state index is 0.0454. The van der Waals surface area contributed by atoms with Gasteiger partial charge in [0.1, 0.15) is 0 Å². The minimum atomic E-state index is -3.52. The molecule has 7 heteroatoms. The van der Waals surface area contributed by atoms with E-state index in [1.54, 1.807) is 16.4 Å². The van der Waals surface area contributed by atoms with Crippen molar-refractivity contribution in [1.82, 2.24) is 9.21 Å². The summed E-state index contributed by atoms with van der Waals surface area (Å²) < 4.78 is 28.2. The van der Waals surface area contributed by atoms with Crippen LogP contribution in [-0.2, 0) is 16.6 Å². The van der Waals surface area contributed by atoms with Crippen molar-refractivity contribution >= 4 is 26.0 Å². The Bertz CT molecular complexity index is 606. The van der Waals surface area contributed by atoms with Crippen LogP contribution in [0.25, 0.3) is 0 Å². The van der Waals surface area contributed by atoms with E-state index in [2.05, 4.69) is 20.8 Å². The number of sulfonamides is 1. The van der Waals surface area contributed by atoms with Gasteiger partial charge in [-0.1, -0.05) is 6.07 Å². The van der Waals surface area contributed by atoms with Gasteiger partial charge in [0.2, 0.25) is 10.0 Å². The monoisotopic (exact) mass is 375 g/mol. The molecule has 1 unspecified atom stereocenters. The molecule has 1 aromatic carbocycles. The van der Waals surface area contributed by atoms with Crippen molar-refractivity contribution in [3.05, 3.63) is 28.2 Å². The zero-order valence-electron chi connectivity index (χ0n) is 12.4. The molecule has 1 saturated heterocycles. The fourth-order valence-electron chi connectivity index (χ4n) is 2.71. The second-order valence-electron chi connectivity index (χ2n) is 5.55. The maximum atomic E-state index is 13.0. The predicted molar refractivity (Wildman–Crippen MR) is 87.5 cm³/mol. The van der Waals surface area contributed by atoms with Crippen LogP contribution in [-0.4, -0.2) is 50.3 Å². The van der Waals surface area contributed by atoms with Gasteiger partial charge in [-0.05, 0) is 60.6 Å². The molecule has 21 heavy (non-hydrogen) atoms. The fourth-order valence-corrected chi connectivity index (χ4v) is 5.34. The van der Waals surface area contributed by atoms with Gasteiger partial charge in [-0.15, -0.1) is 0 Å². The van der Waals surface area contributed by atoms with E-state index in [0.29, 0.717) is 22.5 Å². The number of nitrogens with zero attached hydrogens (tertiary/aromatic N) is 2. The summed E-state index contributed by atoms with van der Waals surface area (Å²) in [6, 6.07) is 5.21. The second kappa shape index (κ2) is 6.75. The summed E-state index contributed by atoms with van der Waals surface area (Å²) >= 11 is 3.36. The first-order valence-electron chi connectivity index (χ1n) is 7.05. The van der Waals surface area contributed by atoms with Crippen LogP contribution >= 0.6 is 15.9 Å². The first-order valence-corrected chi connectivity index (χ1v) is 9.28. The molecule has 0 amide bonds. The minimum Gasteiger partial charge on any atom is -0.326 e. The lowest BCUT2D eigenvalue weighted by Crippen LogP contribution is -2.42. The average molecular weight is 376 g/mol. The summed E-state index contributed by atoms with van der Waals surface area (Å²) in [7, 11) is -1.49. The maximum Gasteiger partial charge on any atom is 0.244 e. The van der Waals surface area contributed by atoms with Gasteiger partial charge in [-0.3, -0.25) is 0 Å². The van der Waals surface area contributed by atoms with Crippen LogP contribution in [0.3, 0.4) is 0 Å². The third-order valence-corrected chi connectivity index (χ3v) is 6.81. The van der Waals surface area contributed by atoms with Crippen molar-refractivity contribution in [3.8, 4) is 0 Å². The molecule has 1 aliphatic rings. The van der Waals surface area contributed by atoms with E-state index in [9.17, 15) is 8.42 Å². The van der Waals surface area contributed by atoms with Gasteiger partial charge >= 0.3 is 0 Å². The highest BCUT2D eigenvalue weighted by Crippen LogP contribution is 2.28. The van der Waals surface area contributed by atoms with E-state index >= 15 is 0 Å². The highest BCUT2D eigenvalue weighted by molar-refractivity contribution is 9.10. The molecule has 0 radical (unpaired) electrons. The molecule has 1 heterocycles. The van der Waals surface area contributed by atoms with Crippen LogP contribution in [0.15, 0.2) is 27.6 Å².